The fourth-order valence-electron chi connectivity index (χ4n) is 1.51. The number of hydrogen-bond donors (Lipinski definition) is 2. The van der Waals surface area contributed by atoms with Crippen LogP contribution in [0.25, 0.3) is 0 Å². The molecule has 4 heteroatoms. The van der Waals surface area contributed by atoms with Crippen molar-refractivity contribution in [1.29, 1.82) is 0 Å². The van der Waals surface area contributed by atoms with Crippen molar-refractivity contribution in [2.75, 3.05) is 33.2 Å². The van der Waals surface area contributed by atoms with Crippen LogP contribution in [0.5, 0.6) is 0 Å². The summed E-state index contributed by atoms with van der Waals surface area (Å²) in [6.45, 7) is 5.18. The van der Waals surface area contributed by atoms with Gasteiger partial charge in [-0.15, -0.1) is 0 Å². The Labute approximate surface area is 92.4 Å². The van der Waals surface area contributed by atoms with Crippen molar-refractivity contribution in [3.05, 3.63) is 0 Å². The Morgan fingerprint density at radius 2 is 2.13 bits per heavy atom. The average molecular weight is 213 g/mol. The van der Waals surface area contributed by atoms with Crippen molar-refractivity contribution < 1.29 is 4.79 Å². The highest BCUT2D eigenvalue weighted by Gasteiger charge is 2.25. The van der Waals surface area contributed by atoms with Gasteiger partial charge in [0.2, 0.25) is 5.91 Å². The van der Waals surface area contributed by atoms with Crippen molar-refractivity contribution >= 4 is 5.91 Å². The van der Waals surface area contributed by atoms with Gasteiger partial charge in [0, 0.05) is 19.1 Å². The molecule has 15 heavy (non-hydrogen) atoms. The molecule has 1 aliphatic carbocycles. The van der Waals surface area contributed by atoms with E-state index >= 15 is 0 Å². The Balaban J connectivity index is 1.91. The van der Waals surface area contributed by atoms with Gasteiger partial charge in [-0.1, -0.05) is 6.92 Å². The second kappa shape index (κ2) is 6.80. The normalized spacial score (nSPS) is 15.7. The molecule has 1 rings (SSSR count). The number of amides is 1. The first-order chi connectivity index (χ1) is 7.24. The van der Waals surface area contributed by atoms with Gasteiger partial charge in [0.1, 0.15) is 0 Å². The van der Waals surface area contributed by atoms with Crippen LogP contribution < -0.4 is 10.6 Å². The van der Waals surface area contributed by atoms with E-state index in [0.29, 0.717) is 6.54 Å². The smallest absolute Gasteiger partial charge is 0.234 e. The SMILES string of the molecule is CCCNCC(=O)NCCN(C)C1CC1. The summed E-state index contributed by atoms with van der Waals surface area (Å²) in [5, 5.41) is 5.99. The molecular weight excluding hydrogens is 190 g/mol. The van der Waals surface area contributed by atoms with Crippen molar-refractivity contribution in [3.8, 4) is 0 Å². The fourth-order valence-corrected chi connectivity index (χ4v) is 1.51. The largest absolute Gasteiger partial charge is 0.354 e. The van der Waals surface area contributed by atoms with Crippen molar-refractivity contribution in [1.82, 2.24) is 15.5 Å². The van der Waals surface area contributed by atoms with E-state index in [1.807, 2.05) is 0 Å². The zero-order valence-electron chi connectivity index (χ0n) is 9.88. The molecule has 0 saturated heterocycles. The zero-order valence-corrected chi connectivity index (χ0v) is 9.88. The van der Waals surface area contributed by atoms with Crippen LogP contribution in [0.2, 0.25) is 0 Å². The molecule has 1 fully saturated rings. The Kier molecular flexibility index (Phi) is 5.65. The Morgan fingerprint density at radius 3 is 2.73 bits per heavy atom. The molecule has 0 aromatic heterocycles. The quantitative estimate of drug-likeness (QED) is 0.566. The van der Waals surface area contributed by atoms with Crippen molar-refractivity contribution in [2.24, 2.45) is 0 Å². The lowest BCUT2D eigenvalue weighted by molar-refractivity contribution is -0.120. The van der Waals surface area contributed by atoms with Crippen LogP contribution in [0.3, 0.4) is 0 Å². The summed E-state index contributed by atoms with van der Waals surface area (Å²) in [5.41, 5.74) is 0. The molecule has 1 aliphatic rings. The summed E-state index contributed by atoms with van der Waals surface area (Å²) in [4.78, 5) is 13.6. The maximum atomic E-state index is 11.3. The molecule has 0 aliphatic heterocycles. The lowest BCUT2D eigenvalue weighted by Gasteiger charge is -2.15. The number of carbonyl (C=O) groups is 1. The third kappa shape index (κ3) is 5.74. The van der Waals surface area contributed by atoms with Crippen molar-refractivity contribution in [3.63, 3.8) is 0 Å². The topological polar surface area (TPSA) is 44.4 Å². The highest BCUT2D eigenvalue weighted by atomic mass is 16.1. The van der Waals surface area contributed by atoms with Crippen LogP contribution >= 0.6 is 0 Å². The van der Waals surface area contributed by atoms with Gasteiger partial charge in [0.05, 0.1) is 6.54 Å². The van der Waals surface area contributed by atoms with E-state index in [2.05, 4.69) is 29.5 Å². The van der Waals surface area contributed by atoms with Crippen LogP contribution in [-0.4, -0.2) is 50.1 Å². The summed E-state index contributed by atoms with van der Waals surface area (Å²) in [6.07, 6.45) is 3.71. The molecule has 1 amide bonds. The summed E-state index contributed by atoms with van der Waals surface area (Å²) in [7, 11) is 2.12. The third-order valence-electron chi connectivity index (χ3n) is 2.67. The Bertz CT molecular complexity index is 192. The van der Waals surface area contributed by atoms with Gasteiger partial charge in [-0.25, -0.2) is 0 Å². The predicted octanol–water partition coefficient (Wildman–Crippen LogP) is 0.196. The second-order valence-electron chi connectivity index (χ2n) is 4.24. The molecule has 2 N–H and O–H groups in total. The maximum Gasteiger partial charge on any atom is 0.234 e. The van der Waals surface area contributed by atoms with Gasteiger partial charge >= 0.3 is 0 Å². The highest BCUT2D eigenvalue weighted by Crippen LogP contribution is 2.24. The monoisotopic (exact) mass is 213 g/mol. The van der Waals surface area contributed by atoms with Gasteiger partial charge in [-0.2, -0.15) is 0 Å². The maximum absolute atomic E-state index is 11.3. The molecule has 0 heterocycles. The van der Waals surface area contributed by atoms with Crippen LogP contribution in [0.15, 0.2) is 0 Å². The van der Waals surface area contributed by atoms with E-state index < -0.39 is 0 Å². The van der Waals surface area contributed by atoms with Crippen LogP contribution in [0.1, 0.15) is 26.2 Å². The van der Waals surface area contributed by atoms with E-state index in [9.17, 15) is 4.79 Å². The first-order valence-corrected chi connectivity index (χ1v) is 5.91. The van der Waals surface area contributed by atoms with E-state index in [-0.39, 0.29) is 5.91 Å². The minimum Gasteiger partial charge on any atom is -0.354 e. The molecule has 0 spiro atoms. The zero-order chi connectivity index (χ0) is 11.1. The van der Waals surface area contributed by atoms with Gasteiger partial charge in [-0.3, -0.25) is 4.79 Å². The van der Waals surface area contributed by atoms with Gasteiger partial charge in [0.15, 0.2) is 0 Å². The molecule has 88 valence electrons. The molecule has 0 bridgehead atoms. The highest BCUT2D eigenvalue weighted by molar-refractivity contribution is 5.77. The summed E-state index contributed by atoms with van der Waals surface area (Å²) in [6, 6.07) is 0.778. The first-order valence-electron chi connectivity index (χ1n) is 5.91. The molecule has 0 atom stereocenters. The summed E-state index contributed by atoms with van der Waals surface area (Å²) >= 11 is 0. The lowest BCUT2D eigenvalue weighted by atomic mass is 10.4. The molecule has 4 nitrogen and oxygen atoms in total. The molecular formula is C11H23N3O. The van der Waals surface area contributed by atoms with E-state index in [4.69, 9.17) is 0 Å². The van der Waals surface area contributed by atoms with E-state index in [1.165, 1.54) is 12.8 Å². The Hall–Kier alpha value is -0.610. The molecule has 0 aromatic carbocycles. The van der Waals surface area contributed by atoms with Crippen LogP contribution in [-0.2, 0) is 4.79 Å². The average Bonchev–Trinajstić information content (AvgIpc) is 3.01. The number of likely N-dealkylation sites (N-methyl/N-ethyl adjacent to an activating group) is 1. The summed E-state index contributed by atoms with van der Waals surface area (Å²) in [5.74, 6) is 0.104. The number of nitrogens with one attached hydrogen (secondary N) is 2. The number of hydrogen-bond acceptors (Lipinski definition) is 3. The van der Waals surface area contributed by atoms with Gasteiger partial charge in [0.25, 0.3) is 0 Å². The molecule has 1 saturated carbocycles. The number of rotatable bonds is 8. The Morgan fingerprint density at radius 1 is 1.40 bits per heavy atom. The molecule has 0 aromatic rings. The minimum absolute atomic E-state index is 0.104. The van der Waals surface area contributed by atoms with Gasteiger partial charge < -0.3 is 15.5 Å². The number of nitrogens with zero attached hydrogens (tertiary/aromatic N) is 1. The fraction of sp³-hybridized carbons (Fsp3) is 0.909. The van der Waals surface area contributed by atoms with Crippen molar-refractivity contribution in [2.45, 2.75) is 32.2 Å². The second-order valence-corrected chi connectivity index (χ2v) is 4.24. The summed E-state index contributed by atoms with van der Waals surface area (Å²) < 4.78 is 0. The standard InChI is InChI=1S/C11H23N3O/c1-3-6-12-9-11(15)13-7-8-14(2)10-4-5-10/h10,12H,3-9H2,1-2H3,(H,13,15). The molecule has 0 radical (unpaired) electrons. The van der Waals surface area contributed by atoms with E-state index in [1.54, 1.807) is 0 Å². The molecule has 0 unspecified atom stereocenters. The third-order valence-corrected chi connectivity index (χ3v) is 2.67. The number of carbonyl (C=O) groups excluding carboxylic acids is 1. The van der Waals surface area contributed by atoms with Gasteiger partial charge in [-0.05, 0) is 32.9 Å². The van der Waals surface area contributed by atoms with E-state index in [0.717, 1.165) is 32.1 Å². The van der Waals surface area contributed by atoms with Crippen LogP contribution in [0.4, 0.5) is 0 Å². The minimum atomic E-state index is 0.104. The lowest BCUT2D eigenvalue weighted by Crippen LogP contribution is -2.38. The van der Waals surface area contributed by atoms with Crippen LogP contribution in [0, 0.1) is 0 Å². The first kappa shape index (κ1) is 12.5. The predicted molar refractivity (Wildman–Crippen MR) is 61.8 cm³/mol.